The van der Waals surface area contributed by atoms with E-state index in [1.807, 2.05) is 19.9 Å². The molecule has 1 spiro atoms. The first kappa shape index (κ1) is 20.9. The van der Waals surface area contributed by atoms with E-state index in [0.29, 0.717) is 29.4 Å². The fourth-order valence-electron chi connectivity index (χ4n) is 5.31. The zero-order valence-electron chi connectivity index (χ0n) is 18.0. The van der Waals surface area contributed by atoms with Crippen molar-refractivity contribution in [2.75, 3.05) is 10.2 Å². The van der Waals surface area contributed by atoms with Crippen LogP contribution in [-0.4, -0.2) is 11.7 Å². The third-order valence-electron chi connectivity index (χ3n) is 6.55. The fourth-order valence-corrected chi connectivity index (χ4v) is 5.31. The summed E-state index contributed by atoms with van der Waals surface area (Å²) >= 11 is 0. The predicted octanol–water partition coefficient (Wildman–Crippen LogP) is 4.01. The normalized spacial score (nSPS) is 23.4. The van der Waals surface area contributed by atoms with Gasteiger partial charge in [0.15, 0.2) is 5.78 Å². The standard InChI is InChI=1S/C25H20F2N4O2/c1-24(2)10-19-21(20(32)11-24)25(14-5-3-4-6-17(14)30-23(25)33)15(12-28)22(29)31(19)18-8-7-13(26)9-16(18)27/h3-9H,10-11,29H2,1-2H3,(H,30,33)/t25-/m1/s1. The first-order valence-electron chi connectivity index (χ1n) is 10.4. The summed E-state index contributed by atoms with van der Waals surface area (Å²) in [6, 6.07) is 11.9. The Morgan fingerprint density at radius 2 is 1.85 bits per heavy atom. The number of halogens is 2. The molecule has 8 heteroatoms. The molecular formula is C25H20F2N4O2. The number of anilines is 2. The molecule has 3 aliphatic rings. The highest BCUT2D eigenvalue weighted by Crippen LogP contribution is 2.57. The maximum Gasteiger partial charge on any atom is 0.245 e. The number of hydrogen-bond donors (Lipinski definition) is 2. The number of nitriles is 1. The molecule has 0 unspecified atom stereocenters. The number of benzene rings is 2. The molecule has 1 aliphatic carbocycles. The smallest absolute Gasteiger partial charge is 0.245 e. The minimum atomic E-state index is -1.73. The number of fused-ring (bicyclic) bond motifs is 3. The first-order chi connectivity index (χ1) is 15.6. The molecular weight excluding hydrogens is 426 g/mol. The first-order valence-corrected chi connectivity index (χ1v) is 10.4. The van der Waals surface area contributed by atoms with Crippen molar-refractivity contribution in [1.82, 2.24) is 0 Å². The maximum absolute atomic E-state index is 14.9. The van der Waals surface area contributed by atoms with Crippen LogP contribution in [0.2, 0.25) is 0 Å². The molecule has 2 heterocycles. The number of amides is 1. The molecule has 3 N–H and O–H groups in total. The summed E-state index contributed by atoms with van der Waals surface area (Å²) in [6.07, 6.45) is 0.433. The van der Waals surface area contributed by atoms with E-state index in [4.69, 9.17) is 5.73 Å². The van der Waals surface area contributed by atoms with Crippen LogP contribution in [0.15, 0.2) is 65.1 Å². The lowest BCUT2D eigenvalue weighted by Crippen LogP contribution is -2.52. The Morgan fingerprint density at radius 1 is 1.12 bits per heavy atom. The van der Waals surface area contributed by atoms with E-state index in [-0.39, 0.29) is 34.9 Å². The van der Waals surface area contributed by atoms with Crippen LogP contribution >= 0.6 is 0 Å². The molecule has 1 atom stereocenters. The zero-order chi connectivity index (χ0) is 23.7. The lowest BCUT2D eigenvalue weighted by Gasteiger charge is -2.46. The van der Waals surface area contributed by atoms with Gasteiger partial charge in [0.1, 0.15) is 28.9 Å². The lowest BCUT2D eigenvalue weighted by atomic mass is 9.61. The van der Waals surface area contributed by atoms with Crippen molar-refractivity contribution in [3.63, 3.8) is 0 Å². The Labute approximate surface area is 189 Å². The van der Waals surface area contributed by atoms with E-state index in [0.717, 1.165) is 6.07 Å². The van der Waals surface area contributed by atoms with Crippen LogP contribution in [0.4, 0.5) is 20.2 Å². The molecule has 0 saturated heterocycles. The van der Waals surface area contributed by atoms with E-state index < -0.39 is 28.4 Å². The molecule has 2 aliphatic heterocycles. The average molecular weight is 446 g/mol. The van der Waals surface area contributed by atoms with Gasteiger partial charge in [0.25, 0.3) is 0 Å². The van der Waals surface area contributed by atoms with Gasteiger partial charge in [-0.2, -0.15) is 5.26 Å². The van der Waals surface area contributed by atoms with Crippen molar-refractivity contribution >= 4 is 23.1 Å². The van der Waals surface area contributed by atoms with Gasteiger partial charge in [-0.1, -0.05) is 32.0 Å². The summed E-state index contributed by atoms with van der Waals surface area (Å²) in [4.78, 5) is 28.5. The van der Waals surface area contributed by atoms with E-state index in [1.54, 1.807) is 24.3 Å². The number of nitrogens with two attached hydrogens (primary N) is 1. The molecule has 33 heavy (non-hydrogen) atoms. The second-order valence-electron chi connectivity index (χ2n) is 9.32. The summed E-state index contributed by atoms with van der Waals surface area (Å²) in [5, 5.41) is 13.0. The topological polar surface area (TPSA) is 99.2 Å². The Bertz CT molecular complexity index is 1370. The molecule has 0 radical (unpaired) electrons. The minimum absolute atomic E-state index is 0.0961. The second-order valence-corrected chi connectivity index (χ2v) is 9.32. The van der Waals surface area contributed by atoms with Gasteiger partial charge in [0.05, 0.1) is 11.3 Å². The highest BCUT2D eigenvalue weighted by atomic mass is 19.1. The number of hydrogen-bond acceptors (Lipinski definition) is 5. The third-order valence-corrected chi connectivity index (χ3v) is 6.55. The molecule has 0 fully saturated rings. The van der Waals surface area contributed by atoms with Crippen LogP contribution in [0, 0.1) is 28.4 Å². The van der Waals surface area contributed by atoms with Crippen molar-refractivity contribution in [2.45, 2.75) is 32.1 Å². The molecule has 2 aromatic rings. The molecule has 166 valence electrons. The number of carbonyl (C=O) groups excluding carboxylic acids is 2. The van der Waals surface area contributed by atoms with Crippen LogP contribution in [0.25, 0.3) is 0 Å². The SMILES string of the molecule is CC1(C)CC(=O)C2=C(C1)N(c1ccc(F)cc1F)C(N)=C(C#N)[C@@]21C(=O)Nc2ccccc21. The van der Waals surface area contributed by atoms with Crippen molar-refractivity contribution < 1.29 is 18.4 Å². The third kappa shape index (κ3) is 2.68. The number of carbonyl (C=O) groups is 2. The number of nitrogens with one attached hydrogen (secondary N) is 1. The number of rotatable bonds is 1. The van der Waals surface area contributed by atoms with E-state index in [9.17, 15) is 23.6 Å². The van der Waals surface area contributed by atoms with E-state index >= 15 is 0 Å². The Morgan fingerprint density at radius 3 is 2.55 bits per heavy atom. The second kappa shape index (κ2) is 6.75. The van der Waals surface area contributed by atoms with Gasteiger partial charge in [-0.3, -0.25) is 14.5 Å². The van der Waals surface area contributed by atoms with E-state index in [2.05, 4.69) is 5.32 Å². The minimum Gasteiger partial charge on any atom is -0.384 e. The molecule has 5 rings (SSSR count). The molecule has 2 aromatic carbocycles. The summed E-state index contributed by atoms with van der Waals surface area (Å²) in [5.74, 6) is -2.71. The predicted molar refractivity (Wildman–Crippen MR) is 117 cm³/mol. The monoisotopic (exact) mass is 446 g/mol. The molecule has 1 amide bonds. The van der Waals surface area contributed by atoms with Crippen LogP contribution < -0.4 is 16.0 Å². The number of nitrogens with zero attached hydrogens (tertiary/aromatic N) is 2. The fraction of sp³-hybridized carbons (Fsp3) is 0.240. The van der Waals surface area contributed by atoms with E-state index in [1.165, 1.54) is 11.0 Å². The maximum atomic E-state index is 14.9. The highest BCUT2D eigenvalue weighted by molar-refractivity contribution is 6.20. The quantitative estimate of drug-likeness (QED) is 0.690. The molecule has 0 aromatic heterocycles. The van der Waals surface area contributed by atoms with Gasteiger partial charge in [-0.15, -0.1) is 0 Å². The zero-order valence-corrected chi connectivity index (χ0v) is 18.0. The Balaban J connectivity index is 1.91. The van der Waals surface area contributed by atoms with Crippen LogP contribution in [0.1, 0.15) is 32.3 Å². The van der Waals surface area contributed by atoms with Crippen LogP contribution in [0.3, 0.4) is 0 Å². The van der Waals surface area contributed by atoms with Crippen molar-refractivity contribution in [2.24, 2.45) is 11.1 Å². The summed E-state index contributed by atoms with van der Waals surface area (Å²) in [6.45, 7) is 3.78. The van der Waals surface area contributed by atoms with Gasteiger partial charge < -0.3 is 11.1 Å². The van der Waals surface area contributed by atoms with Gasteiger partial charge >= 0.3 is 0 Å². The van der Waals surface area contributed by atoms with Crippen LogP contribution in [0.5, 0.6) is 0 Å². The summed E-state index contributed by atoms with van der Waals surface area (Å²) in [7, 11) is 0. The van der Waals surface area contributed by atoms with Crippen molar-refractivity contribution in [3.8, 4) is 6.07 Å². The Hall–Kier alpha value is -3.99. The highest BCUT2D eigenvalue weighted by Gasteiger charge is 2.61. The molecule has 0 bridgehead atoms. The molecule has 0 saturated carbocycles. The average Bonchev–Trinajstić information content (AvgIpc) is 3.01. The number of para-hydroxylation sites is 1. The van der Waals surface area contributed by atoms with Gasteiger partial charge in [-0.05, 0) is 30.0 Å². The largest absolute Gasteiger partial charge is 0.384 e. The number of Topliss-reactive ketones (excluding diaryl/α,β-unsaturated/α-hetero) is 1. The Kier molecular flexibility index (Phi) is 4.27. The van der Waals surface area contributed by atoms with Gasteiger partial charge in [0.2, 0.25) is 5.91 Å². The summed E-state index contributed by atoms with van der Waals surface area (Å²) in [5.41, 5.74) is 5.36. The van der Waals surface area contributed by atoms with Crippen molar-refractivity contribution in [3.05, 3.63) is 82.3 Å². The van der Waals surface area contributed by atoms with Gasteiger partial charge in [-0.25, -0.2) is 8.78 Å². The van der Waals surface area contributed by atoms with Gasteiger partial charge in [0, 0.05) is 35.0 Å². The summed E-state index contributed by atoms with van der Waals surface area (Å²) < 4.78 is 28.6. The number of ketones is 1. The van der Waals surface area contributed by atoms with Crippen molar-refractivity contribution in [1.29, 1.82) is 5.26 Å². The lowest BCUT2D eigenvalue weighted by molar-refractivity contribution is -0.123. The van der Waals surface area contributed by atoms with Crippen LogP contribution in [-0.2, 0) is 15.0 Å². The number of allylic oxidation sites excluding steroid dienone is 1. The molecule has 6 nitrogen and oxygen atoms in total.